The maximum Gasteiger partial charge on any atom is 0.306 e. The Morgan fingerprint density at radius 2 is 1.40 bits per heavy atom. The second-order valence-corrected chi connectivity index (χ2v) is 6.40. The van der Waals surface area contributed by atoms with Gasteiger partial charge in [-0.25, -0.2) is 0 Å². The van der Waals surface area contributed by atoms with Gasteiger partial charge in [0, 0.05) is 5.25 Å². The predicted molar refractivity (Wildman–Crippen MR) is 90.5 cm³/mol. The zero-order chi connectivity index (χ0) is 15.1. The van der Waals surface area contributed by atoms with Crippen LogP contribution in [0.3, 0.4) is 0 Å². The Morgan fingerprint density at radius 3 is 1.90 bits per heavy atom. The molecule has 0 aromatic carbocycles. The third-order valence-electron chi connectivity index (χ3n) is 3.63. The summed E-state index contributed by atoms with van der Waals surface area (Å²) in [5, 5.41) is 0.148. The number of carbonyl (C=O) groups excluding carboxylic acids is 1. The van der Waals surface area contributed by atoms with E-state index in [2.05, 4.69) is 19.6 Å². The van der Waals surface area contributed by atoms with E-state index in [0.29, 0.717) is 13.0 Å². The van der Waals surface area contributed by atoms with Gasteiger partial charge in [-0.05, 0) is 12.8 Å². The lowest BCUT2D eigenvalue weighted by molar-refractivity contribution is -0.143. The van der Waals surface area contributed by atoms with Crippen molar-refractivity contribution < 1.29 is 9.53 Å². The molecule has 0 aliphatic rings. The summed E-state index contributed by atoms with van der Waals surface area (Å²) in [6, 6.07) is 0. The van der Waals surface area contributed by atoms with Crippen molar-refractivity contribution >= 4 is 18.6 Å². The standard InChI is InChI=1S/C17H34O2S/c1-3-5-6-7-8-9-10-11-12-13-14-19-17(18)15-16(20)4-2/h16,20H,3-15H2,1-2H3. The highest BCUT2D eigenvalue weighted by atomic mass is 32.1. The maximum absolute atomic E-state index is 11.4. The predicted octanol–water partition coefficient (Wildman–Crippen LogP) is 5.55. The summed E-state index contributed by atoms with van der Waals surface area (Å²) in [6.07, 6.45) is 14.4. The van der Waals surface area contributed by atoms with E-state index in [1.54, 1.807) is 0 Å². The van der Waals surface area contributed by atoms with Gasteiger partial charge in [-0.15, -0.1) is 0 Å². The third kappa shape index (κ3) is 14.2. The highest BCUT2D eigenvalue weighted by molar-refractivity contribution is 7.81. The molecular formula is C17H34O2S. The molecule has 1 unspecified atom stereocenters. The molecule has 0 saturated heterocycles. The fraction of sp³-hybridized carbons (Fsp3) is 0.941. The Morgan fingerprint density at radius 1 is 0.900 bits per heavy atom. The molecule has 2 nitrogen and oxygen atoms in total. The molecule has 120 valence electrons. The van der Waals surface area contributed by atoms with E-state index in [0.717, 1.165) is 12.8 Å². The first kappa shape index (κ1) is 19.8. The third-order valence-corrected chi connectivity index (χ3v) is 4.18. The van der Waals surface area contributed by atoms with Crippen LogP contribution in [0.4, 0.5) is 0 Å². The smallest absolute Gasteiger partial charge is 0.306 e. The van der Waals surface area contributed by atoms with Gasteiger partial charge in [0.25, 0.3) is 0 Å². The van der Waals surface area contributed by atoms with Gasteiger partial charge in [0.2, 0.25) is 0 Å². The molecule has 0 bridgehead atoms. The molecule has 0 rings (SSSR count). The second-order valence-electron chi connectivity index (χ2n) is 5.67. The van der Waals surface area contributed by atoms with E-state index in [1.807, 2.05) is 6.92 Å². The van der Waals surface area contributed by atoms with Gasteiger partial charge >= 0.3 is 5.97 Å². The average molecular weight is 303 g/mol. The number of rotatable bonds is 14. The van der Waals surface area contributed by atoms with Gasteiger partial charge in [0.05, 0.1) is 13.0 Å². The summed E-state index contributed by atoms with van der Waals surface area (Å²) in [5.74, 6) is -0.0947. The summed E-state index contributed by atoms with van der Waals surface area (Å²) in [6.45, 7) is 4.87. The number of hydrogen-bond acceptors (Lipinski definition) is 3. The number of hydrogen-bond donors (Lipinski definition) is 1. The van der Waals surface area contributed by atoms with Crippen LogP contribution in [0.25, 0.3) is 0 Å². The van der Waals surface area contributed by atoms with Crippen LogP contribution in [-0.2, 0) is 9.53 Å². The van der Waals surface area contributed by atoms with E-state index in [4.69, 9.17) is 4.74 Å². The molecule has 3 heteroatoms. The van der Waals surface area contributed by atoms with Crippen molar-refractivity contribution in [1.29, 1.82) is 0 Å². The summed E-state index contributed by atoms with van der Waals surface area (Å²) in [7, 11) is 0. The minimum atomic E-state index is -0.0947. The van der Waals surface area contributed by atoms with Crippen LogP contribution in [0.1, 0.15) is 90.9 Å². The molecule has 0 fully saturated rings. The molecule has 0 aliphatic heterocycles. The molecule has 0 aromatic rings. The van der Waals surface area contributed by atoms with Gasteiger partial charge in [-0.1, -0.05) is 71.6 Å². The molecule has 0 saturated carbocycles. The number of ether oxygens (including phenoxy) is 1. The van der Waals surface area contributed by atoms with Crippen LogP contribution >= 0.6 is 12.6 Å². The Balaban J connectivity index is 3.14. The maximum atomic E-state index is 11.4. The normalized spacial score (nSPS) is 12.3. The first-order valence-electron chi connectivity index (χ1n) is 8.54. The lowest BCUT2D eigenvalue weighted by Gasteiger charge is -2.08. The van der Waals surface area contributed by atoms with Gasteiger partial charge in [-0.2, -0.15) is 12.6 Å². The monoisotopic (exact) mass is 302 g/mol. The van der Waals surface area contributed by atoms with Crippen molar-refractivity contribution in [3.05, 3.63) is 0 Å². The zero-order valence-electron chi connectivity index (χ0n) is 13.5. The molecule has 0 N–H and O–H groups in total. The number of unbranched alkanes of at least 4 members (excludes halogenated alkanes) is 9. The fourth-order valence-electron chi connectivity index (χ4n) is 2.17. The van der Waals surface area contributed by atoms with Gasteiger partial charge < -0.3 is 4.74 Å². The first-order chi connectivity index (χ1) is 9.70. The summed E-state index contributed by atoms with van der Waals surface area (Å²) >= 11 is 4.30. The van der Waals surface area contributed by atoms with Crippen molar-refractivity contribution in [2.45, 2.75) is 96.1 Å². The molecular weight excluding hydrogens is 268 g/mol. The second kappa shape index (κ2) is 15.2. The van der Waals surface area contributed by atoms with Crippen LogP contribution in [-0.4, -0.2) is 17.8 Å². The first-order valence-corrected chi connectivity index (χ1v) is 9.06. The van der Waals surface area contributed by atoms with E-state index in [9.17, 15) is 4.79 Å². The van der Waals surface area contributed by atoms with Crippen molar-refractivity contribution in [2.75, 3.05) is 6.61 Å². The molecule has 0 spiro atoms. The average Bonchev–Trinajstić information content (AvgIpc) is 2.44. The highest BCUT2D eigenvalue weighted by Crippen LogP contribution is 2.11. The van der Waals surface area contributed by atoms with Crippen LogP contribution in [0, 0.1) is 0 Å². The van der Waals surface area contributed by atoms with Crippen molar-refractivity contribution in [2.24, 2.45) is 0 Å². The van der Waals surface area contributed by atoms with Crippen LogP contribution in [0.5, 0.6) is 0 Å². The summed E-state index contributed by atoms with van der Waals surface area (Å²) in [4.78, 5) is 11.4. The van der Waals surface area contributed by atoms with Crippen molar-refractivity contribution in [3.63, 3.8) is 0 Å². The molecule has 0 heterocycles. The molecule has 0 amide bonds. The van der Waals surface area contributed by atoms with E-state index >= 15 is 0 Å². The van der Waals surface area contributed by atoms with Crippen LogP contribution in [0.15, 0.2) is 0 Å². The van der Waals surface area contributed by atoms with Gasteiger partial charge in [-0.3, -0.25) is 4.79 Å². The molecule has 0 aromatic heterocycles. The van der Waals surface area contributed by atoms with E-state index < -0.39 is 0 Å². The quantitative estimate of drug-likeness (QED) is 0.259. The lowest BCUT2D eigenvalue weighted by Crippen LogP contribution is -2.11. The number of esters is 1. The van der Waals surface area contributed by atoms with E-state index in [-0.39, 0.29) is 11.2 Å². The molecule has 1 atom stereocenters. The van der Waals surface area contributed by atoms with Crippen molar-refractivity contribution in [3.8, 4) is 0 Å². The van der Waals surface area contributed by atoms with Crippen LogP contribution < -0.4 is 0 Å². The number of thiol groups is 1. The molecule has 20 heavy (non-hydrogen) atoms. The van der Waals surface area contributed by atoms with Gasteiger partial charge in [0.1, 0.15) is 0 Å². The van der Waals surface area contributed by atoms with Crippen LogP contribution in [0.2, 0.25) is 0 Å². The summed E-state index contributed by atoms with van der Waals surface area (Å²) < 4.78 is 5.20. The Labute approximate surface area is 131 Å². The SMILES string of the molecule is CCCCCCCCCCCCOC(=O)CC(S)CC. The van der Waals surface area contributed by atoms with E-state index in [1.165, 1.54) is 57.8 Å². The number of carbonyl (C=O) groups is 1. The Bertz CT molecular complexity index is 219. The highest BCUT2D eigenvalue weighted by Gasteiger charge is 2.08. The minimum Gasteiger partial charge on any atom is -0.466 e. The molecule has 0 aliphatic carbocycles. The molecule has 0 radical (unpaired) electrons. The Kier molecular flexibility index (Phi) is 15.1. The zero-order valence-corrected chi connectivity index (χ0v) is 14.4. The minimum absolute atomic E-state index is 0.0947. The largest absolute Gasteiger partial charge is 0.466 e. The Hall–Kier alpha value is -0.180. The van der Waals surface area contributed by atoms with Gasteiger partial charge in [0.15, 0.2) is 0 Å². The lowest BCUT2D eigenvalue weighted by atomic mass is 10.1. The topological polar surface area (TPSA) is 26.3 Å². The fourth-order valence-corrected chi connectivity index (χ4v) is 2.32. The van der Waals surface area contributed by atoms with Crippen molar-refractivity contribution in [1.82, 2.24) is 0 Å². The summed E-state index contributed by atoms with van der Waals surface area (Å²) in [5.41, 5.74) is 0.